The normalized spacial score (nSPS) is 15.9. The van der Waals surface area contributed by atoms with Crippen molar-refractivity contribution < 1.29 is 18.7 Å². The van der Waals surface area contributed by atoms with Crippen molar-refractivity contribution in [3.63, 3.8) is 0 Å². The molecule has 1 aliphatic rings. The van der Waals surface area contributed by atoms with E-state index in [4.69, 9.17) is 4.74 Å². The monoisotopic (exact) mass is 368 g/mol. The van der Waals surface area contributed by atoms with Crippen LogP contribution in [0.2, 0.25) is 0 Å². The van der Waals surface area contributed by atoms with Crippen LogP contribution in [0.15, 0.2) is 54.3 Å². The zero-order valence-electron chi connectivity index (χ0n) is 15.2. The van der Waals surface area contributed by atoms with E-state index in [0.29, 0.717) is 11.4 Å². The molecule has 6 heteroatoms. The highest BCUT2D eigenvalue weighted by Crippen LogP contribution is 2.35. The van der Waals surface area contributed by atoms with Crippen LogP contribution in [0.3, 0.4) is 0 Å². The van der Waals surface area contributed by atoms with Crippen molar-refractivity contribution in [3.05, 3.63) is 65.7 Å². The van der Waals surface area contributed by atoms with Gasteiger partial charge in [0, 0.05) is 11.6 Å². The first-order chi connectivity index (χ1) is 13.0. The number of carbonyl (C=O) groups excluding carboxylic acids is 2. The summed E-state index contributed by atoms with van der Waals surface area (Å²) in [7, 11) is 0. The first-order valence-electron chi connectivity index (χ1n) is 8.84. The van der Waals surface area contributed by atoms with E-state index in [1.165, 1.54) is 17.0 Å². The second-order valence-electron chi connectivity index (χ2n) is 6.37. The lowest BCUT2D eigenvalue weighted by Crippen LogP contribution is -2.46. The molecule has 0 bridgehead atoms. The predicted octanol–water partition coefficient (Wildman–Crippen LogP) is 3.51. The molecule has 1 atom stereocenters. The maximum Gasteiger partial charge on any atom is 0.294 e. The molecule has 0 aromatic heterocycles. The first-order valence-corrected chi connectivity index (χ1v) is 8.84. The average Bonchev–Trinajstić information content (AvgIpc) is 2.66. The van der Waals surface area contributed by atoms with Crippen LogP contribution < -0.4 is 15.0 Å². The Morgan fingerprint density at radius 2 is 1.93 bits per heavy atom. The minimum atomic E-state index is -0.490. The number of fused-ring (bicyclic) bond motifs is 1. The number of nitrogens with one attached hydrogen (secondary N) is 1. The zero-order chi connectivity index (χ0) is 19.4. The third kappa shape index (κ3) is 4.16. The predicted molar refractivity (Wildman–Crippen MR) is 102 cm³/mol. The molecule has 0 spiro atoms. The van der Waals surface area contributed by atoms with E-state index >= 15 is 0 Å². The standard InChI is InChI=1S/C21H21FN2O3/c1-3-14(2)23-20(25)13-24-17-10-6-7-11-18(17)27-19(21(24)26)12-15-8-4-5-9-16(15)22/h4-12,14H,3,13H2,1-2H3,(H,23,25)/b19-12-. The van der Waals surface area contributed by atoms with Crippen LogP contribution in [-0.2, 0) is 9.59 Å². The summed E-state index contributed by atoms with van der Waals surface area (Å²) in [5, 5.41) is 2.85. The maximum absolute atomic E-state index is 14.0. The Labute approximate surface area is 157 Å². The Hall–Kier alpha value is -3.15. The highest BCUT2D eigenvalue weighted by atomic mass is 19.1. The SMILES string of the molecule is CCC(C)NC(=O)CN1C(=O)/C(=C/c2ccccc2F)Oc2ccccc21. The lowest BCUT2D eigenvalue weighted by molar-refractivity contribution is -0.123. The molecule has 0 saturated heterocycles. The number of amides is 2. The van der Waals surface area contributed by atoms with Gasteiger partial charge in [0.25, 0.3) is 5.91 Å². The van der Waals surface area contributed by atoms with Gasteiger partial charge in [-0.3, -0.25) is 14.5 Å². The largest absolute Gasteiger partial charge is 0.449 e. The summed E-state index contributed by atoms with van der Waals surface area (Å²) in [6, 6.07) is 13.1. The lowest BCUT2D eigenvalue weighted by atomic mass is 10.1. The zero-order valence-corrected chi connectivity index (χ0v) is 15.2. The highest BCUT2D eigenvalue weighted by molar-refractivity contribution is 6.12. The summed E-state index contributed by atoms with van der Waals surface area (Å²) in [6.45, 7) is 3.73. The van der Waals surface area contributed by atoms with Crippen molar-refractivity contribution in [2.75, 3.05) is 11.4 Å². The molecule has 1 aliphatic heterocycles. The third-order valence-electron chi connectivity index (χ3n) is 4.35. The van der Waals surface area contributed by atoms with E-state index in [1.54, 1.807) is 42.5 Å². The van der Waals surface area contributed by atoms with Gasteiger partial charge in [-0.25, -0.2) is 4.39 Å². The van der Waals surface area contributed by atoms with E-state index in [0.717, 1.165) is 6.42 Å². The topological polar surface area (TPSA) is 58.6 Å². The van der Waals surface area contributed by atoms with Gasteiger partial charge in [-0.2, -0.15) is 0 Å². The summed E-state index contributed by atoms with van der Waals surface area (Å²) in [5.74, 6) is -0.802. The summed E-state index contributed by atoms with van der Waals surface area (Å²) >= 11 is 0. The summed E-state index contributed by atoms with van der Waals surface area (Å²) in [5.41, 5.74) is 0.747. The van der Waals surface area contributed by atoms with Crippen LogP contribution in [0.1, 0.15) is 25.8 Å². The number of halogens is 1. The molecule has 27 heavy (non-hydrogen) atoms. The smallest absolute Gasteiger partial charge is 0.294 e. The summed E-state index contributed by atoms with van der Waals surface area (Å²) in [4.78, 5) is 26.6. The van der Waals surface area contributed by atoms with E-state index in [2.05, 4.69) is 5.32 Å². The van der Waals surface area contributed by atoms with E-state index in [-0.39, 0.29) is 29.8 Å². The van der Waals surface area contributed by atoms with Crippen molar-refractivity contribution >= 4 is 23.6 Å². The molecule has 5 nitrogen and oxygen atoms in total. The van der Waals surface area contributed by atoms with Crippen LogP contribution in [-0.4, -0.2) is 24.4 Å². The van der Waals surface area contributed by atoms with Gasteiger partial charge in [0.05, 0.1) is 5.69 Å². The fraction of sp³-hybridized carbons (Fsp3) is 0.238. The van der Waals surface area contributed by atoms with Crippen molar-refractivity contribution in [2.45, 2.75) is 26.3 Å². The van der Waals surface area contributed by atoms with Gasteiger partial charge in [0.1, 0.15) is 12.4 Å². The van der Waals surface area contributed by atoms with Crippen LogP contribution in [0.25, 0.3) is 6.08 Å². The second-order valence-corrected chi connectivity index (χ2v) is 6.37. The molecule has 2 amide bonds. The molecule has 1 unspecified atom stereocenters. The molecule has 3 rings (SSSR count). The molecule has 0 aliphatic carbocycles. The number of benzene rings is 2. The Morgan fingerprint density at radius 3 is 2.67 bits per heavy atom. The number of hydrogen-bond donors (Lipinski definition) is 1. The van der Waals surface area contributed by atoms with Gasteiger partial charge < -0.3 is 10.1 Å². The molecule has 0 fully saturated rings. The highest BCUT2D eigenvalue weighted by Gasteiger charge is 2.31. The summed E-state index contributed by atoms with van der Waals surface area (Å²) < 4.78 is 19.7. The number of hydrogen-bond acceptors (Lipinski definition) is 3. The van der Waals surface area contributed by atoms with Crippen molar-refractivity contribution in [1.29, 1.82) is 0 Å². The number of anilines is 1. The van der Waals surface area contributed by atoms with E-state index in [9.17, 15) is 14.0 Å². The van der Waals surface area contributed by atoms with Gasteiger partial charge >= 0.3 is 0 Å². The van der Waals surface area contributed by atoms with Crippen LogP contribution in [0, 0.1) is 5.82 Å². The Balaban J connectivity index is 1.93. The Morgan fingerprint density at radius 1 is 1.22 bits per heavy atom. The van der Waals surface area contributed by atoms with Gasteiger partial charge in [0.2, 0.25) is 5.91 Å². The average molecular weight is 368 g/mol. The fourth-order valence-corrected chi connectivity index (χ4v) is 2.72. The number of carbonyl (C=O) groups is 2. The molecule has 0 saturated carbocycles. The molecule has 1 N–H and O–H groups in total. The van der Waals surface area contributed by atoms with E-state index < -0.39 is 11.7 Å². The van der Waals surface area contributed by atoms with Gasteiger partial charge in [-0.15, -0.1) is 0 Å². The lowest BCUT2D eigenvalue weighted by Gasteiger charge is -2.30. The number of ether oxygens (including phenoxy) is 1. The number of rotatable bonds is 5. The molecule has 2 aromatic rings. The van der Waals surface area contributed by atoms with Crippen LogP contribution in [0.4, 0.5) is 10.1 Å². The maximum atomic E-state index is 14.0. The molecule has 140 valence electrons. The first kappa shape index (κ1) is 18.6. The van der Waals surface area contributed by atoms with Crippen molar-refractivity contribution in [2.24, 2.45) is 0 Å². The van der Waals surface area contributed by atoms with Crippen molar-refractivity contribution in [1.82, 2.24) is 5.32 Å². The van der Waals surface area contributed by atoms with Crippen LogP contribution in [0.5, 0.6) is 5.75 Å². The molecule has 1 heterocycles. The van der Waals surface area contributed by atoms with E-state index in [1.807, 2.05) is 13.8 Å². The second kappa shape index (κ2) is 8.03. The quantitative estimate of drug-likeness (QED) is 0.822. The van der Waals surface area contributed by atoms with Gasteiger partial charge in [-0.05, 0) is 37.6 Å². The van der Waals surface area contributed by atoms with Gasteiger partial charge in [0.15, 0.2) is 11.5 Å². The third-order valence-corrected chi connectivity index (χ3v) is 4.35. The number of para-hydroxylation sites is 2. The molecular weight excluding hydrogens is 347 g/mol. The Kier molecular flexibility index (Phi) is 5.54. The minimum Gasteiger partial charge on any atom is -0.449 e. The molecular formula is C21H21FN2O3. The van der Waals surface area contributed by atoms with Crippen LogP contribution >= 0.6 is 0 Å². The molecule has 0 radical (unpaired) electrons. The summed E-state index contributed by atoms with van der Waals surface area (Å²) in [6.07, 6.45) is 2.14. The minimum absolute atomic E-state index is 0.0114. The Bertz CT molecular complexity index is 895. The number of nitrogens with zero attached hydrogens (tertiary/aromatic N) is 1. The fourth-order valence-electron chi connectivity index (χ4n) is 2.72. The van der Waals surface area contributed by atoms with Gasteiger partial charge in [-0.1, -0.05) is 37.3 Å². The van der Waals surface area contributed by atoms with Crippen molar-refractivity contribution in [3.8, 4) is 5.75 Å². The molecule has 2 aromatic carbocycles.